The lowest BCUT2D eigenvalue weighted by Crippen LogP contribution is -2.51. The van der Waals surface area contributed by atoms with Crippen LogP contribution in [0.15, 0.2) is 83.3 Å². The van der Waals surface area contributed by atoms with Crippen molar-refractivity contribution >= 4 is 27.7 Å². The number of hydrogen-bond acceptors (Lipinski definition) is 3. The topological polar surface area (TPSA) is 58.6 Å². The molecule has 0 bridgehead atoms. The predicted molar refractivity (Wildman–Crippen MR) is 138 cm³/mol. The van der Waals surface area contributed by atoms with Crippen molar-refractivity contribution in [3.05, 3.63) is 100 Å². The Morgan fingerprint density at radius 2 is 1.66 bits per heavy atom. The Labute approximate surface area is 214 Å². The van der Waals surface area contributed by atoms with Crippen LogP contribution in [-0.2, 0) is 22.6 Å². The molecule has 3 aromatic rings. The third kappa shape index (κ3) is 8.51. The van der Waals surface area contributed by atoms with Gasteiger partial charge >= 0.3 is 0 Å². The van der Waals surface area contributed by atoms with Crippen molar-refractivity contribution in [3.8, 4) is 5.75 Å². The van der Waals surface area contributed by atoms with Crippen LogP contribution in [0, 0.1) is 5.82 Å². The van der Waals surface area contributed by atoms with Crippen LogP contribution >= 0.6 is 15.9 Å². The molecule has 0 heterocycles. The van der Waals surface area contributed by atoms with E-state index in [1.54, 1.807) is 24.3 Å². The quantitative estimate of drug-likeness (QED) is 0.307. The molecular weight excluding hydrogens is 511 g/mol. The van der Waals surface area contributed by atoms with E-state index >= 15 is 0 Å². The zero-order chi connectivity index (χ0) is 25.0. The van der Waals surface area contributed by atoms with E-state index in [9.17, 15) is 14.0 Å². The van der Waals surface area contributed by atoms with Crippen LogP contribution in [0.1, 0.15) is 30.9 Å². The van der Waals surface area contributed by atoms with Gasteiger partial charge in [-0.25, -0.2) is 4.39 Å². The van der Waals surface area contributed by atoms with Crippen LogP contribution < -0.4 is 10.1 Å². The SMILES string of the molecule is CCCCNC(=O)[C@H](Cc1ccccc1)N(Cc1ccc(F)cc1)C(=O)COc1ccc(Br)cc1. The average molecular weight is 541 g/mol. The molecule has 35 heavy (non-hydrogen) atoms. The van der Waals surface area contributed by atoms with Gasteiger partial charge in [0.05, 0.1) is 0 Å². The highest BCUT2D eigenvalue weighted by atomic mass is 79.9. The number of carbonyl (C=O) groups excluding carboxylic acids is 2. The standard InChI is InChI=1S/C28H30BrFN2O3/c1-2-3-17-31-28(34)26(18-21-7-5-4-6-8-21)32(19-22-9-13-24(30)14-10-22)27(33)20-35-25-15-11-23(29)12-16-25/h4-16,26H,2-3,17-20H2,1H3,(H,31,34)/t26-/m0/s1. The summed E-state index contributed by atoms with van der Waals surface area (Å²) in [5.74, 6) is -0.358. The van der Waals surface area contributed by atoms with Gasteiger partial charge in [0.25, 0.3) is 5.91 Å². The number of halogens is 2. The first-order valence-electron chi connectivity index (χ1n) is 11.7. The summed E-state index contributed by atoms with van der Waals surface area (Å²) in [7, 11) is 0. The maximum atomic E-state index is 13.5. The highest BCUT2D eigenvalue weighted by Gasteiger charge is 2.30. The van der Waals surface area contributed by atoms with Gasteiger partial charge in [-0.05, 0) is 53.9 Å². The number of rotatable bonds is 12. The summed E-state index contributed by atoms with van der Waals surface area (Å²) in [6, 6.07) is 22.0. The lowest BCUT2D eigenvalue weighted by molar-refractivity contribution is -0.142. The average Bonchev–Trinajstić information content (AvgIpc) is 2.87. The molecule has 0 saturated carbocycles. The normalized spacial score (nSPS) is 11.5. The minimum atomic E-state index is -0.750. The number of nitrogens with one attached hydrogen (secondary N) is 1. The van der Waals surface area contributed by atoms with Crippen molar-refractivity contribution < 1.29 is 18.7 Å². The van der Waals surface area contributed by atoms with E-state index in [1.165, 1.54) is 17.0 Å². The van der Waals surface area contributed by atoms with Gasteiger partial charge in [0.15, 0.2) is 6.61 Å². The number of benzene rings is 3. The van der Waals surface area contributed by atoms with E-state index in [0.717, 1.165) is 28.4 Å². The molecule has 0 unspecified atom stereocenters. The fourth-order valence-electron chi connectivity index (χ4n) is 3.61. The van der Waals surface area contributed by atoms with Crippen LogP contribution in [0.25, 0.3) is 0 Å². The van der Waals surface area contributed by atoms with Crippen molar-refractivity contribution in [2.24, 2.45) is 0 Å². The highest BCUT2D eigenvalue weighted by Crippen LogP contribution is 2.18. The molecular formula is C28H30BrFN2O3. The Bertz CT molecular complexity index is 1080. The summed E-state index contributed by atoms with van der Waals surface area (Å²) < 4.78 is 20.1. The van der Waals surface area contributed by atoms with Crippen molar-refractivity contribution in [3.63, 3.8) is 0 Å². The molecule has 5 nitrogen and oxygen atoms in total. The first-order chi connectivity index (χ1) is 17.0. The Morgan fingerprint density at radius 3 is 2.31 bits per heavy atom. The first kappa shape index (κ1) is 26.4. The fourth-order valence-corrected chi connectivity index (χ4v) is 3.87. The number of unbranched alkanes of at least 4 members (excludes halogenated alkanes) is 1. The second-order valence-electron chi connectivity index (χ2n) is 8.24. The minimum absolute atomic E-state index is 0.154. The van der Waals surface area contributed by atoms with Crippen LogP contribution in [0.5, 0.6) is 5.75 Å². The smallest absolute Gasteiger partial charge is 0.261 e. The predicted octanol–water partition coefficient (Wildman–Crippen LogP) is 5.52. The molecule has 0 fully saturated rings. The van der Waals surface area contributed by atoms with Crippen molar-refractivity contribution in [1.29, 1.82) is 0 Å². The summed E-state index contributed by atoms with van der Waals surface area (Å²) >= 11 is 3.38. The molecule has 0 aromatic heterocycles. The fraction of sp³-hybridized carbons (Fsp3) is 0.286. The Hall–Kier alpha value is -3.19. The minimum Gasteiger partial charge on any atom is -0.484 e. The second-order valence-corrected chi connectivity index (χ2v) is 9.16. The van der Waals surface area contributed by atoms with Crippen LogP contribution in [0.3, 0.4) is 0 Å². The lowest BCUT2D eigenvalue weighted by atomic mass is 10.0. The number of hydrogen-bond donors (Lipinski definition) is 1. The number of nitrogens with zero attached hydrogens (tertiary/aromatic N) is 1. The summed E-state index contributed by atoms with van der Waals surface area (Å²) in [6.45, 7) is 2.52. The second kappa shape index (κ2) is 13.6. The van der Waals surface area contributed by atoms with Crippen molar-refractivity contribution in [2.45, 2.75) is 38.8 Å². The maximum Gasteiger partial charge on any atom is 0.261 e. The van der Waals surface area contributed by atoms with Gasteiger partial charge in [-0.2, -0.15) is 0 Å². The van der Waals surface area contributed by atoms with E-state index < -0.39 is 6.04 Å². The monoisotopic (exact) mass is 540 g/mol. The zero-order valence-electron chi connectivity index (χ0n) is 19.8. The van der Waals surface area contributed by atoms with Crippen molar-refractivity contribution in [1.82, 2.24) is 10.2 Å². The van der Waals surface area contributed by atoms with Gasteiger partial charge in [-0.15, -0.1) is 0 Å². The number of ether oxygens (including phenoxy) is 1. The molecule has 7 heteroatoms. The number of amides is 2. The molecule has 0 aliphatic rings. The molecule has 3 rings (SSSR count). The molecule has 0 radical (unpaired) electrons. The molecule has 0 spiro atoms. The van der Waals surface area contributed by atoms with Gasteiger partial charge < -0.3 is 15.0 Å². The molecule has 3 aromatic carbocycles. The summed E-state index contributed by atoms with van der Waals surface area (Å²) in [6.07, 6.45) is 2.15. The molecule has 1 N–H and O–H groups in total. The molecule has 1 atom stereocenters. The zero-order valence-corrected chi connectivity index (χ0v) is 21.3. The van der Waals surface area contributed by atoms with E-state index in [-0.39, 0.29) is 30.8 Å². The Morgan fingerprint density at radius 1 is 0.971 bits per heavy atom. The van der Waals surface area contributed by atoms with E-state index in [1.807, 2.05) is 42.5 Å². The molecule has 2 amide bonds. The Kier molecular flexibility index (Phi) is 10.3. The third-order valence-electron chi connectivity index (χ3n) is 5.54. The van der Waals surface area contributed by atoms with E-state index in [0.29, 0.717) is 18.7 Å². The molecule has 0 aliphatic heterocycles. The lowest BCUT2D eigenvalue weighted by Gasteiger charge is -2.31. The van der Waals surface area contributed by atoms with E-state index in [4.69, 9.17) is 4.74 Å². The highest BCUT2D eigenvalue weighted by molar-refractivity contribution is 9.10. The molecule has 0 aliphatic carbocycles. The number of carbonyl (C=O) groups is 2. The summed E-state index contributed by atoms with van der Waals surface area (Å²) in [5, 5.41) is 2.98. The van der Waals surface area contributed by atoms with Gasteiger partial charge in [-0.3, -0.25) is 9.59 Å². The van der Waals surface area contributed by atoms with E-state index in [2.05, 4.69) is 28.2 Å². The van der Waals surface area contributed by atoms with Crippen LogP contribution in [-0.4, -0.2) is 35.9 Å². The van der Waals surface area contributed by atoms with Gasteiger partial charge in [0.2, 0.25) is 5.91 Å². The van der Waals surface area contributed by atoms with Gasteiger partial charge in [-0.1, -0.05) is 71.7 Å². The first-order valence-corrected chi connectivity index (χ1v) is 12.5. The van der Waals surface area contributed by atoms with Crippen LogP contribution in [0.4, 0.5) is 4.39 Å². The maximum absolute atomic E-state index is 13.5. The third-order valence-corrected chi connectivity index (χ3v) is 6.07. The summed E-state index contributed by atoms with van der Waals surface area (Å²) in [5.41, 5.74) is 1.66. The largest absolute Gasteiger partial charge is 0.484 e. The Balaban J connectivity index is 1.86. The van der Waals surface area contributed by atoms with Crippen molar-refractivity contribution in [2.75, 3.05) is 13.2 Å². The molecule has 0 saturated heterocycles. The summed E-state index contributed by atoms with van der Waals surface area (Å²) in [4.78, 5) is 28.3. The van der Waals surface area contributed by atoms with Gasteiger partial charge in [0, 0.05) is 24.0 Å². The molecule has 184 valence electrons. The van der Waals surface area contributed by atoms with Gasteiger partial charge in [0.1, 0.15) is 17.6 Å². The van der Waals surface area contributed by atoms with Crippen LogP contribution in [0.2, 0.25) is 0 Å².